The van der Waals surface area contributed by atoms with E-state index in [4.69, 9.17) is 41.2 Å². The van der Waals surface area contributed by atoms with Crippen molar-refractivity contribution in [3.05, 3.63) is 59.7 Å². The van der Waals surface area contributed by atoms with E-state index in [-0.39, 0.29) is 0 Å². The molecule has 0 aromatic heterocycles. The van der Waals surface area contributed by atoms with Crippen molar-refractivity contribution in [2.45, 2.75) is 4.84 Å². The van der Waals surface area contributed by atoms with E-state index in [1.54, 1.807) is 0 Å². The van der Waals surface area contributed by atoms with Crippen LogP contribution >= 0.6 is 35.4 Å². The fourth-order valence-corrected chi connectivity index (χ4v) is 2.23. The molecule has 2 aromatic carbocycles. The number of thiocarbonyl (C=S) groups is 1. The average molecular weight is 296 g/mol. The number of alkyl halides is 2. The van der Waals surface area contributed by atoms with Crippen molar-refractivity contribution < 1.29 is 0 Å². The van der Waals surface area contributed by atoms with Gasteiger partial charge in [-0.05, 0) is 16.7 Å². The fourth-order valence-electron chi connectivity index (χ4n) is 1.76. The highest BCUT2D eigenvalue weighted by molar-refractivity contribution is 7.80. The zero-order chi connectivity index (χ0) is 13.1. The van der Waals surface area contributed by atoms with Gasteiger partial charge in [0, 0.05) is 5.56 Å². The SMILES string of the molecule is NC(=S)c1ccccc1-c1ccc(C(Cl)Cl)cc1. The largest absolute Gasteiger partial charge is 0.389 e. The molecule has 0 unspecified atom stereocenters. The van der Waals surface area contributed by atoms with E-state index < -0.39 is 4.84 Å². The van der Waals surface area contributed by atoms with Gasteiger partial charge in [-0.1, -0.05) is 60.7 Å². The van der Waals surface area contributed by atoms with Crippen molar-refractivity contribution in [2.24, 2.45) is 5.73 Å². The Morgan fingerprint density at radius 1 is 1.00 bits per heavy atom. The molecule has 0 spiro atoms. The molecule has 0 aliphatic heterocycles. The molecule has 2 aromatic rings. The minimum Gasteiger partial charge on any atom is -0.389 e. The number of nitrogens with two attached hydrogens (primary N) is 1. The highest BCUT2D eigenvalue weighted by atomic mass is 35.5. The first-order valence-electron chi connectivity index (χ1n) is 5.37. The van der Waals surface area contributed by atoms with E-state index in [1.165, 1.54) is 0 Å². The number of halogens is 2. The highest BCUT2D eigenvalue weighted by Gasteiger charge is 2.08. The standard InChI is InChI=1S/C14H11Cl2NS/c15-13(16)10-7-5-9(6-8-10)11-3-1-2-4-12(11)14(17)18/h1-8,13H,(H2,17,18). The first kappa shape index (κ1) is 13.3. The lowest BCUT2D eigenvalue weighted by Gasteiger charge is -2.09. The first-order chi connectivity index (χ1) is 8.59. The molecule has 0 amide bonds. The maximum absolute atomic E-state index is 5.81. The van der Waals surface area contributed by atoms with Gasteiger partial charge in [-0.3, -0.25) is 0 Å². The minimum atomic E-state index is -0.509. The summed E-state index contributed by atoms with van der Waals surface area (Å²) in [5.41, 5.74) is 9.51. The van der Waals surface area contributed by atoms with Crippen LogP contribution in [-0.4, -0.2) is 4.99 Å². The second-order valence-electron chi connectivity index (χ2n) is 3.83. The lowest BCUT2D eigenvalue weighted by Crippen LogP contribution is -2.10. The molecular formula is C14H11Cl2NS. The predicted octanol–water partition coefficient (Wildman–Crippen LogP) is 4.46. The van der Waals surface area contributed by atoms with Gasteiger partial charge >= 0.3 is 0 Å². The van der Waals surface area contributed by atoms with Crippen LogP contribution in [0.3, 0.4) is 0 Å². The molecule has 0 saturated heterocycles. The number of hydrogen-bond acceptors (Lipinski definition) is 1. The molecule has 1 nitrogen and oxygen atoms in total. The fraction of sp³-hybridized carbons (Fsp3) is 0.0714. The topological polar surface area (TPSA) is 26.0 Å². The number of hydrogen-bond donors (Lipinski definition) is 1. The summed E-state index contributed by atoms with van der Waals surface area (Å²) in [4.78, 5) is -0.118. The molecule has 2 N–H and O–H groups in total. The molecule has 92 valence electrons. The second-order valence-corrected chi connectivity index (χ2v) is 5.37. The summed E-state index contributed by atoms with van der Waals surface area (Å²) in [5, 5.41) is 0. The maximum atomic E-state index is 5.81. The van der Waals surface area contributed by atoms with E-state index in [1.807, 2.05) is 48.5 Å². The number of rotatable bonds is 3. The van der Waals surface area contributed by atoms with Gasteiger partial charge in [0.2, 0.25) is 0 Å². The van der Waals surface area contributed by atoms with Crippen molar-refractivity contribution in [1.29, 1.82) is 0 Å². The monoisotopic (exact) mass is 295 g/mol. The number of benzene rings is 2. The molecule has 0 aliphatic rings. The van der Waals surface area contributed by atoms with Gasteiger partial charge in [0.05, 0.1) is 0 Å². The Bertz CT molecular complexity index is 564. The van der Waals surface area contributed by atoms with Gasteiger partial charge in [0.1, 0.15) is 9.82 Å². The Kier molecular flexibility index (Phi) is 4.23. The lowest BCUT2D eigenvalue weighted by molar-refractivity contribution is 1.35. The summed E-state index contributed by atoms with van der Waals surface area (Å²) in [6, 6.07) is 15.5. The van der Waals surface area contributed by atoms with Crippen LogP contribution in [0.15, 0.2) is 48.5 Å². The van der Waals surface area contributed by atoms with Gasteiger partial charge in [-0.15, -0.1) is 23.2 Å². The molecule has 4 heteroatoms. The second kappa shape index (κ2) is 5.70. The van der Waals surface area contributed by atoms with Crippen LogP contribution in [0.1, 0.15) is 16.0 Å². The van der Waals surface area contributed by atoms with Crippen molar-refractivity contribution in [2.75, 3.05) is 0 Å². The van der Waals surface area contributed by atoms with E-state index in [9.17, 15) is 0 Å². The van der Waals surface area contributed by atoms with E-state index >= 15 is 0 Å². The molecule has 18 heavy (non-hydrogen) atoms. The zero-order valence-corrected chi connectivity index (χ0v) is 11.8. The Morgan fingerprint density at radius 3 is 2.17 bits per heavy atom. The summed E-state index contributed by atoms with van der Waals surface area (Å²) in [6.07, 6.45) is 0. The van der Waals surface area contributed by atoms with Crippen molar-refractivity contribution in [3.63, 3.8) is 0 Å². The molecule has 0 heterocycles. The predicted molar refractivity (Wildman–Crippen MR) is 82.2 cm³/mol. The van der Waals surface area contributed by atoms with Crippen LogP contribution in [0.4, 0.5) is 0 Å². The van der Waals surface area contributed by atoms with Gasteiger partial charge in [-0.2, -0.15) is 0 Å². The smallest absolute Gasteiger partial charge is 0.132 e. The molecular weight excluding hydrogens is 285 g/mol. The Labute approximate surface area is 122 Å². The summed E-state index contributed by atoms with van der Waals surface area (Å²) in [6.45, 7) is 0. The van der Waals surface area contributed by atoms with Crippen molar-refractivity contribution >= 4 is 40.4 Å². The van der Waals surface area contributed by atoms with Gasteiger partial charge in [0.25, 0.3) is 0 Å². The average Bonchev–Trinajstić information content (AvgIpc) is 2.39. The lowest BCUT2D eigenvalue weighted by atomic mass is 9.99. The molecule has 0 saturated carbocycles. The van der Waals surface area contributed by atoms with Crippen LogP contribution in [0.5, 0.6) is 0 Å². The highest BCUT2D eigenvalue weighted by Crippen LogP contribution is 2.28. The molecule has 2 rings (SSSR count). The molecule has 0 bridgehead atoms. The molecule has 0 fully saturated rings. The molecule has 0 atom stereocenters. The van der Waals surface area contributed by atoms with E-state index in [0.717, 1.165) is 22.3 Å². The third-order valence-electron chi connectivity index (χ3n) is 2.67. The summed E-state index contributed by atoms with van der Waals surface area (Å²) in [7, 11) is 0. The van der Waals surface area contributed by atoms with Crippen molar-refractivity contribution in [1.82, 2.24) is 0 Å². The first-order valence-corrected chi connectivity index (χ1v) is 6.65. The van der Waals surface area contributed by atoms with Crippen LogP contribution in [-0.2, 0) is 0 Å². The van der Waals surface area contributed by atoms with Crippen LogP contribution in [0.2, 0.25) is 0 Å². The third-order valence-corrected chi connectivity index (χ3v) is 3.39. The van der Waals surface area contributed by atoms with Crippen LogP contribution < -0.4 is 5.73 Å². The minimum absolute atomic E-state index is 0.391. The maximum Gasteiger partial charge on any atom is 0.132 e. The van der Waals surface area contributed by atoms with Crippen molar-refractivity contribution in [3.8, 4) is 11.1 Å². The molecule has 0 radical (unpaired) electrons. The van der Waals surface area contributed by atoms with Crippen LogP contribution in [0, 0.1) is 0 Å². The Hall–Kier alpha value is -1.09. The van der Waals surface area contributed by atoms with Crippen LogP contribution in [0.25, 0.3) is 11.1 Å². The summed E-state index contributed by atoms with van der Waals surface area (Å²) >= 11 is 16.7. The quantitative estimate of drug-likeness (QED) is 0.668. The zero-order valence-electron chi connectivity index (χ0n) is 9.44. The van der Waals surface area contributed by atoms with Gasteiger partial charge < -0.3 is 5.73 Å². The van der Waals surface area contributed by atoms with Gasteiger partial charge in [0.15, 0.2) is 0 Å². The normalized spacial score (nSPS) is 10.6. The van der Waals surface area contributed by atoms with E-state index in [0.29, 0.717) is 4.99 Å². The molecule has 0 aliphatic carbocycles. The third kappa shape index (κ3) is 2.83. The van der Waals surface area contributed by atoms with Gasteiger partial charge in [-0.25, -0.2) is 0 Å². The Morgan fingerprint density at radius 2 is 1.61 bits per heavy atom. The summed E-state index contributed by atoms with van der Waals surface area (Å²) in [5.74, 6) is 0. The Balaban J connectivity index is 2.46. The van der Waals surface area contributed by atoms with E-state index in [2.05, 4.69) is 0 Å². The summed E-state index contributed by atoms with van der Waals surface area (Å²) < 4.78 is 0.